The van der Waals surface area contributed by atoms with Gasteiger partial charge in [-0.1, -0.05) is 0 Å². The summed E-state index contributed by atoms with van der Waals surface area (Å²) in [7, 11) is -4.85. The number of aliphatic hydroxyl groups excluding tert-OH is 2. The Kier molecular flexibility index (Phi) is 9.16. The molecule has 0 aliphatic carbocycles. The number of fused-ring (bicyclic) bond motifs is 4. The summed E-state index contributed by atoms with van der Waals surface area (Å²) in [4.78, 5) is 60.5. The molecule has 0 aromatic carbocycles. The molecule has 17 nitrogen and oxygen atoms in total. The molecule has 38 heavy (non-hydrogen) atoms. The van der Waals surface area contributed by atoms with Crippen molar-refractivity contribution in [3.05, 3.63) is 11.8 Å². The molecule has 3 heterocycles. The monoisotopic (exact) mass is 566 g/mol. The maximum atomic E-state index is 12.6. The van der Waals surface area contributed by atoms with Crippen LogP contribution in [0.25, 0.3) is 0 Å². The number of amides is 4. The average molecular weight is 566 g/mol. The molecule has 3 rings (SSSR count). The standard InChI is InChI=1S/C20H31N4O13P/c1-20(17(28)29)4-10(6-25)5-23(18(21)30)15-2-11(27)14(36-15)8-34-38(32,33)37-12-3-16(35-13(12)7-26)24(9-20)19(22)31/h5-6,11-16,26-27H,2-4,7-9H2,1H3,(H2,21,30)(H2,22,31)(H,28,29)(H,32,33)/b10-5-/t11-,12-,13+,14+,15+,16+,20+/m0/s1. The zero-order valence-electron chi connectivity index (χ0n) is 20.3. The third-order valence-electron chi connectivity index (χ3n) is 6.52. The normalized spacial score (nSPS) is 40.2. The van der Waals surface area contributed by atoms with Crippen LogP contribution in [0.1, 0.15) is 26.2 Å². The number of aldehydes is 1. The number of carboxylic acids is 1. The van der Waals surface area contributed by atoms with Gasteiger partial charge in [0.05, 0.1) is 24.7 Å². The summed E-state index contributed by atoms with van der Waals surface area (Å²) in [6.45, 7) is -0.743. The van der Waals surface area contributed by atoms with Crippen molar-refractivity contribution in [3.8, 4) is 0 Å². The van der Waals surface area contributed by atoms with E-state index in [4.69, 9.17) is 30.0 Å². The van der Waals surface area contributed by atoms with Crippen LogP contribution in [0.4, 0.5) is 9.59 Å². The van der Waals surface area contributed by atoms with Gasteiger partial charge < -0.3 is 41.2 Å². The Morgan fingerprint density at radius 1 is 1.18 bits per heavy atom. The lowest BCUT2D eigenvalue weighted by Crippen LogP contribution is -2.51. The second-order valence-electron chi connectivity index (χ2n) is 9.46. The van der Waals surface area contributed by atoms with Crippen LogP contribution >= 0.6 is 7.82 Å². The number of hydrogen-bond acceptors (Lipinski definition) is 11. The number of carboxylic acid groups (broad SMARTS) is 1. The van der Waals surface area contributed by atoms with E-state index in [1.807, 2.05) is 0 Å². The number of aliphatic carboxylic acids is 1. The van der Waals surface area contributed by atoms with Crippen LogP contribution in [-0.4, -0.2) is 111 Å². The molecule has 0 saturated carbocycles. The van der Waals surface area contributed by atoms with Gasteiger partial charge in [-0.15, -0.1) is 0 Å². The number of nitrogens with two attached hydrogens (primary N) is 2. The van der Waals surface area contributed by atoms with Crippen LogP contribution in [0, 0.1) is 5.41 Å². The third kappa shape index (κ3) is 6.68. The van der Waals surface area contributed by atoms with Crippen LogP contribution in [0.5, 0.6) is 0 Å². The molecule has 4 bridgehead atoms. The van der Waals surface area contributed by atoms with Crippen molar-refractivity contribution in [1.82, 2.24) is 9.80 Å². The number of carbonyl (C=O) groups is 4. The first-order valence-electron chi connectivity index (χ1n) is 11.5. The molecule has 4 amide bonds. The zero-order chi connectivity index (χ0) is 28.4. The second-order valence-corrected chi connectivity index (χ2v) is 10.9. The number of allylic oxidation sites excluding steroid dienone is 1. The Morgan fingerprint density at radius 2 is 1.87 bits per heavy atom. The Balaban J connectivity index is 2.06. The maximum absolute atomic E-state index is 12.6. The summed E-state index contributed by atoms with van der Waals surface area (Å²) in [6.07, 6.45) is -7.29. The van der Waals surface area contributed by atoms with Gasteiger partial charge in [-0.3, -0.25) is 28.4 Å². The second kappa shape index (κ2) is 11.6. The van der Waals surface area contributed by atoms with Gasteiger partial charge in [0, 0.05) is 31.2 Å². The highest BCUT2D eigenvalue weighted by Crippen LogP contribution is 2.48. The van der Waals surface area contributed by atoms with Crippen molar-refractivity contribution < 1.29 is 62.5 Å². The minimum Gasteiger partial charge on any atom is -0.481 e. The molecule has 1 unspecified atom stereocenters. The maximum Gasteiger partial charge on any atom is 0.472 e. The molecule has 0 aromatic heterocycles. The number of phosphoric acid groups is 1. The predicted octanol–water partition coefficient (Wildman–Crippen LogP) is -1.59. The van der Waals surface area contributed by atoms with E-state index in [1.165, 1.54) is 6.92 Å². The van der Waals surface area contributed by atoms with Gasteiger partial charge in [0.2, 0.25) is 0 Å². The summed E-state index contributed by atoms with van der Waals surface area (Å²) in [5.41, 5.74) is 8.82. The van der Waals surface area contributed by atoms with Gasteiger partial charge in [-0.05, 0) is 13.3 Å². The van der Waals surface area contributed by atoms with E-state index >= 15 is 0 Å². The summed E-state index contributed by atoms with van der Waals surface area (Å²) >= 11 is 0. The fraction of sp³-hybridized carbons (Fsp3) is 0.700. The number of carbonyl (C=O) groups excluding carboxylic acids is 3. The molecule has 8 atom stereocenters. The van der Waals surface area contributed by atoms with E-state index in [0.29, 0.717) is 6.29 Å². The average Bonchev–Trinajstić information content (AvgIpc) is 3.39. The third-order valence-corrected chi connectivity index (χ3v) is 7.53. The molecule has 3 aliphatic heterocycles. The molecule has 0 spiro atoms. The SMILES string of the molecule is C[C@@]1(C(=O)O)C/C(C=O)=C/N(C(N)=O)[C@H]2C[C@H](O)[C@@H](COP(=O)(O)O[C@H]3C[C@@H](O[C@@H]3CO)N(C(N)=O)C1)O2. The molecule has 0 radical (unpaired) electrons. The molecule has 2 fully saturated rings. The van der Waals surface area contributed by atoms with Gasteiger partial charge >= 0.3 is 25.9 Å². The minimum atomic E-state index is -4.85. The molecule has 8 N–H and O–H groups in total. The first-order chi connectivity index (χ1) is 17.7. The highest BCUT2D eigenvalue weighted by atomic mass is 31.2. The number of urea groups is 2. The van der Waals surface area contributed by atoms with Gasteiger partial charge in [-0.2, -0.15) is 0 Å². The van der Waals surface area contributed by atoms with E-state index in [-0.39, 0.29) is 18.4 Å². The predicted molar refractivity (Wildman–Crippen MR) is 123 cm³/mol. The smallest absolute Gasteiger partial charge is 0.472 e. The molecule has 3 aliphatic rings. The number of hydrogen-bond donors (Lipinski definition) is 6. The topological polar surface area (TPSA) is 262 Å². The molecule has 2 saturated heterocycles. The van der Waals surface area contributed by atoms with Crippen LogP contribution in [0.15, 0.2) is 11.8 Å². The molecule has 0 aromatic rings. The van der Waals surface area contributed by atoms with Crippen molar-refractivity contribution in [1.29, 1.82) is 0 Å². The lowest BCUT2D eigenvalue weighted by Gasteiger charge is -2.35. The van der Waals surface area contributed by atoms with E-state index in [9.17, 15) is 44.0 Å². The molecule has 18 heteroatoms. The summed E-state index contributed by atoms with van der Waals surface area (Å²) in [5.74, 6) is -1.44. The van der Waals surface area contributed by atoms with E-state index < -0.39 is 94.3 Å². The Morgan fingerprint density at radius 3 is 2.42 bits per heavy atom. The largest absolute Gasteiger partial charge is 0.481 e. The lowest BCUT2D eigenvalue weighted by molar-refractivity contribution is -0.150. The zero-order valence-corrected chi connectivity index (χ0v) is 21.2. The van der Waals surface area contributed by atoms with E-state index in [0.717, 1.165) is 16.0 Å². The number of phosphoric ester groups is 1. The number of nitrogens with zero attached hydrogens (tertiary/aromatic N) is 2. The van der Waals surface area contributed by atoms with Crippen molar-refractivity contribution in [2.24, 2.45) is 16.9 Å². The van der Waals surface area contributed by atoms with Gasteiger partial charge in [0.25, 0.3) is 0 Å². The van der Waals surface area contributed by atoms with E-state index in [1.54, 1.807) is 0 Å². The molecule has 214 valence electrons. The van der Waals surface area contributed by atoms with Crippen molar-refractivity contribution in [3.63, 3.8) is 0 Å². The fourth-order valence-electron chi connectivity index (χ4n) is 4.51. The number of rotatable bonds is 3. The van der Waals surface area contributed by atoms with E-state index in [2.05, 4.69) is 0 Å². The van der Waals surface area contributed by atoms with Crippen molar-refractivity contribution in [2.45, 2.75) is 63.1 Å². The highest BCUT2D eigenvalue weighted by Gasteiger charge is 2.47. The first-order valence-corrected chi connectivity index (χ1v) is 13.0. The Hall–Kier alpha value is -2.63. The Bertz CT molecular complexity index is 1030. The van der Waals surface area contributed by atoms with Gasteiger partial charge in [0.1, 0.15) is 37.1 Å². The summed E-state index contributed by atoms with van der Waals surface area (Å²) < 4.78 is 33.9. The summed E-state index contributed by atoms with van der Waals surface area (Å²) in [5, 5.41) is 30.1. The lowest BCUT2D eigenvalue weighted by atomic mass is 9.83. The van der Waals surface area contributed by atoms with Crippen molar-refractivity contribution >= 4 is 32.1 Å². The van der Waals surface area contributed by atoms with Crippen molar-refractivity contribution in [2.75, 3.05) is 19.8 Å². The van der Waals surface area contributed by atoms with Crippen LogP contribution < -0.4 is 11.5 Å². The number of aliphatic hydroxyl groups is 2. The van der Waals surface area contributed by atoms with Gasteiger partial charge in [-0.25, -0.2) is 14.2 Å². The van der Waals surface area contributed by atoms with Crippen LogP contribution in [-0.2, 0) is 32.7 Å². The molecular formula is C20H31N4O13P. The van der Waals surface area contributed by atoms with Crippen LogP contribution in [0.3, 0.4) is 0 Å². The minimum absolute atomic E-state index is 0.220. The fourth-order valence-corrected chi connectivity index (χ4v) is 5.47. The summed E-state index contributed by atoms with van der Waals surface area (Å²) in [6, 6.07) is -2.22. The quantitative estimate of drug-likeness (QED) is 0.166. The number of ether oxygens (including phenoxy) is 2. The molecular weight excluding hydrogens is 535 g/mol. The van der Waals surface area contributed by atoms with Gasteiger partial charge in [0.15, 0.2) is 0 Å². The number of primary amides is 2. The highest BCUT2D eigenvalue weighted by molar-refractivity contribution is 7.47. The van der Waals surface area contributed by atoms with Crippen LogP contribution in [0.2, 0.25) is 0 Å². The Labute approximate surface area is 216 Å². The first kappa shape index (κ1) is 29.9.